The number of ether oxygens (including phenoxy) is 4. The normalized spacial score (nSPS) is 10.9. The molecule has 0 N–H and O–H groups in total. The van der Waals surface area contributed by atoms with Gasteiger partial charge in [0.05, 0.1) is 39.4 Å². The average Bonchev–Trinajstić information content (AvgIpc) is 2.87. The maximum absolute atomic E-state index is 12.5. The molecule has 0 amide bonds. The molecule has 180 valence electrons. The summed E-state index contributed by atoms with van der Waals surface area (Å²) in [4.78, 5) is 12.5. The molecule has 0 bridgehead atoms. The third-order valence-corrected chi connectivity index (χ3v) is 6.14. The topological polar surface area (TPSA) is 77.8 Å². The summed E-state index contributed by atoms with van der Waals surface area (Å²) < 4.78 is 22.4. The van der Waals surface area contributed by atoms with E-state index in [0.717, 1.165) is 21.2 Å². The highest BCUT2D eigenvalue weighted by Gasteiger charge is 2.14. The Bertz CT molecular complexity index is 1280. The van der Waals surface area contributed by atoms with Gasteiger partial charge in [-0.05, 0) is 65.6 Å². The number of halogens is 2. The number of esters is 1. The van der Waals surface area contributed by atoms with E-state index in [2.05, 4.69) is 22.0 Å². The van der Waals surface area contributed by atoms with Crippen LogP contribution < -0.4 is 18.9 Å². The Morgan fingerprint density at radius 2 is 1.57 bits per heavy atom. The highest BCUT2D eigenvalue weighted by molar-refractivity contribution is 9.10. The predicted octanol–water partition coefficient (Wildman–Crippen LogP) is 6.73. The van der Waals surface area contributed by atoms with Gasteiger partial charge in [-0.1, -0.05) is 45.7 Å². The van der Waals surface area contributed by atoms with E-state index in [-0.39, 0.29) is 6.42 Å². The fraction of sp³-hybridized carbons (Fsp3) is 0.185. The zero-order valence-corrected chi connectivity index (χ0v) is 21.8. The Labute approximate surface area is 217 Å². The predicted molar refractivity (Wildman–Crippen MR) is 139 cm³/mol. The van der Waals surface area contributed by atoms with Crippen molar-refractivity contribution >= 4 is 45.1 Å². The van der Waals surface area contributed by atoms with Gasteiger partial charge in [-0.25, -0.2) is 0 Å². The van der Waals surface area contributed by atoms with E-state index >= 15 is 0 Å². The minimum Gasteiger partial charge on any atom is -0.493 e. The van der Waals surface area contributed by atoms with Gasteiger partial charge in [-0.15, -0.1) is 0 Å². The molecule has 3 rings (SSSR count). The molecule has 8 heteroatoms. The van der Waals surface area contributed by atoms with Crippen LogP contribution in [0.15, 0.2) is 59.1 Å². The standard InChI is InChI=1S/C27H23BrClNO5/c1-32-24-13-17(12-20(16-30)18-5-8-21(29)9-6-18)4-10-23(24)35-27(31)11-7-19-14-25(33-2)26(34-3)15-22(19)28/h4-6,8-10,12-15H,7,11H2,1-3H3/b20-12+. The number of benzene rings is 3. The lowest BCUT2D eigenvalue weighted by atomic mass is 10.0. The first-order valence-corrected chi connectivity index (χ1v) is 11.7. The second-order valence-corrected chi connectivity index (χ2v) is 8.65. The largest absolute Gasteiger partial charge is 0.493 e. The van der Waals surface area contributed by atoms with Gasteiger partial charge in [0.25, 0.3) is 0 Å². The highest BCUT2D eigenvalue weighted by Crippen LogP contribution is 2.34. The van der Waals surface area contributed by atoms with Crippen LogP contribution in [-0.4, -0.2) is 27.3 Å². The molecular weight excluding hydrogens is 534 g/mol. The maximum atomic E-state index is 12.5. The average molecular weight is 557 g/mol. The molecule has 3 aromatic rings. The molecule has 0 unspecified atom stereocenters. The molecule has 0 aliphatic carbocycles. The number of hydrogen-bond donors (Lipinski definition) is 0. The third-order valence-electron chi connectivity index (χ3n) is 5.15. The fourth-order valence-electron chi connectivity index (χ4n) is 3.33. The minimum atomic E-state index is -0.410. The Balaban J connectivity index is 1.72. The first-order chi connectivity index (χ1) is 16.9. The highest BCUT2D eigenvalue weighted by atomic mass is 79.9. The molecule has 0 radical (unpaired) electrons. The summed E-state index contributed by atoms with van der Waals surface area (Å²) in [5, 5.41) is 10.2. The minimum absolute atomic E-state index is 0.147. The Morgan fingerprint density at radius 3 is 2.20 bits per heavy atom. The van der Waals surface area contributed by atoms with Crippen molar-refractivity contribution in [1.29, 1.82) is 5.26 Å². The number of rotatable bonds is 9. The van der Waals surface area contributed by atoms with Gasteiger partial charge >= 0.3 is 5.97 Å². The van der Waals surface area contributed by atoms with E-state index in [9.17, 15) is 10.1 Å². The summed E-state index contributed by atoms with van der Waals surface area (Å²) in [6.07, 6.45) is 2.31. The maximum Gasteiger partial charge on any atom is 0.311 e. The van der Waals surface area contributed by atoms with Crippen LogP contribution in [0.3, 0.4) is 0 Å². The van der Waals surface area contributed by atoms with Crippen LogP contribution in [0.1, 0.15) is 23.1 Å². The van der Waals surface area contributed by atoms with E-state index < -0.39 is 5.97 Å². The lowest BCUT2D eigenvalue weighted by molar-refractivity contribution is -0.134. The molecule has 0 heterocycles. The first-order valence-electron chi connectivity index (χ1n) is 10.5. The van der Waals surface area contributed by atoms with Gasteiger partial charge in [0.2, 0.25) is 0 Å². The summed E-state index contributed by atoms with van der Waals surface area (Å²) in [6.45, 7) is 0. The van der Waals surface area contributed by atoms with Crippen molar-refractivity contribution < 1.29 is 23.7 Å². The van der Waals surface area contributed by atoms with E-state index in [1.807, 2.05) is 6.07 Å². The number of aryl methyl sites for hydroxylation is 1. The number of hydrogen-bond acceptors (Lipinski definition) is 6. The molecular formula is C27H23BrClNO5. The van der Waals surface area contributed by atoms with Crippen LogP contribution >= 0.6 is 27.5 Å². The quantitative estimate of drug-likeness (QED) is 0.126. The van der Waals surface area contributed by atoms with Crippen molar-refractivity contribution in [2.24, 2.45) is 0 Å². The Hall–Kier alpha value is -3.47. The lowest BCUT2D eigenvalue weighted by Gasteiger charge is -2.13. The van der Waals surface area contributed by atoms with Crippen LogP contribution in [-0.2, 0) is 11.2 Å². The van der Waals surface area contributed by atoms with E-state index in [1.165, 1.54) is 7.11 Å². The van der Waals surface area contributed by atoms with Crippen molar-refractivity contribution in [2.75, 3.05) is 21.3 Å². The van der Waals surface area contributed by atoms with Crippen molar-refractivity contribution in [3.63, 3.8) is 0 Å². The third kappa shape index (κ3) is 6.78. The van der Waals surface area contributed by atoms with Crippen molar-refractivity contribution in [2.45, 2.75) is 12.8 Å². The van der Waals surface area contributed by atoms with Gasteiger partial charge in [-0.3, -0.25) is 4.79 Å². The van der Waals surface area contributed by atoms with E-state index in [0.29, 0.717) is 40.0 Å². The second-order valence-electron chi connectivity index (χ2n) is 7.36. The zero-order valence-electron chi connectivity index (χ0n) is 19.4. The monoisotopic (exact) mass is 555 g/mol. The molecule has 0 spiro atoms. The van der Waals surface area contributed by atoms with Gasteiger partial charge in [-0.2, -0.15) is 5.26 Å². The SMILES string of the molecule is COc1cc(Br)c(CCC(=O)Oc2ccc(/C=C(\C#N)c3ccc(Cl)cc3)cc2OC)cc1OC. The second kappa shape index (κ2) is 12.3. The molecule has 0 saturated heterocycles. The Kier molecular flexibility index (Phi) is 9.18. The molecule has 0 aliphatic heterocycles. The summed E-state index contributed by atoms with van der Waals surface area (Å²) in [5.41, 5.74) is 2.82. The smallest absolute Gasteiger partial charge is 0.311 e. The summed E-state index contributed by atoms with van der Waals surface area (Å²) in [7, 11) is 4.61. The van der Waals surface area contributed by atoms with Crippen molar-refractivity contribution in [3.05, 3.63) is 80.8 Å². The molecule has 35 heavy (non-hydrogen) atoms. The molecule has 3 aromatic carbocycles. The molecule has 0 atom stereocenters. The number of nitrogens with zero attached hydrogens (tertiary/aromatic N) is 1. The summed E-state index contributed by atoms with van der Waals surface area (Å²) in [6, 6.07) is 17.9. The van der Waals surface area contributed by atoms with Gasteiger partial charge < -0.3 is 18.9 Å². The zero-order chi connectivity index (χ0) is 25.4. The van der Waals surface area contributed by atoms with Crippen LogP contribution in [0.25, 0.3) is 11.6 Å². The number of methoxy groups -OCH3 is 3. The van der Waals surface area contributed by atoms with Crippen molar-refractivity contribution in [1.82, 2.24) is 0 Å². The number of carbonyl (C=O) groups is 1. The molecule has 0 aliphatic rings. The van der Waals surface area contributed by atoms with E-state index in [1.54, 1.807) is 68.8 Å². The van der Waals surface area contributed by atoms with Gasteiger partial charge in [0.1, 0.15) is 0 Å². The van der Waals surface area contributed by atoms with Crippen molar-refractivity contribution in [3.8, 4) is 29.1 Å². The molecule has 0 fully saturated rings. The molecule has 6 nitrogen and oxygen atoms in total. The number of carbonyl (C=O) groups excluding carboxylic acids is 1. The number of allylic oxidation sites excluding steroid dienone is 1. The lowest BCUT2D eigenvalue weighted by Crippen LogP contribution is -2.10. The van der Waals surface area contributed by atoms with Gasteiger partial charge in [0, 0.05) is 9.50 Å². The number of nitriles is 1. The summed E-state index contributed by atoms with van der Waals surface area (Å²) >= 11 is 9.44. The summed E-state index contributed by atoms with van der Waals surface area (Å²) in [5.74, 6) is 1.45. The van der Waals surface area contributed by atoms with Crippen LogP contribution in [0.5, 0.6) is 23.0 Å². The van der Waals surface area contributed by atoms with Gasteiger partial charge in [0.15, 0.2) is 23.0 Å². The fourth-order valence-corrected chi connectivity index (χ4v) is 3.98. The first kappa shape index (κ1) is 26.1. The molecule has 0 aromatic heterocycles. The Morgan fingerprint density at radius 1 is 0.943 bits per heavy atom. The van der Waals surface area contributed by atoms with Crippen LogP contribution in [0.4, 0.5) is 0 Å². The molecule has 0 saturated carbocycles. The van der Waals surface area contributed by atoms with Crippen LogP contribution in [0, 0.1) is 11.3 Å². The van der Waals surface area contributed by atoms with E-state index in [4.69, 9.17) is 30.5 Å². The van der Waals surface area contributed by atoms with Crippen LogP contribution in [0.2, 0.25) is 5.02 Å².